The summed E-state index contributed by atoms with van der Waals surface area (Å²) in [5, 5.41) is 0. The summed E-state index contributed by atoms with van der Waals surface area (Å²) in [6.45, 7) is -0.0503. The summed E-state index contributed by atoms with van der Waals surface area (Å²) in [5.41, 5.74) is 4.20. The average molecular weight is 286 g/mol. The lowest BCUT2D eigenvalue weighted by atomic mass is 10.0. The van der Waals surface area contributed by atoms with Crippen molar-refractivity contribution in [2.75, 3.05) is 4.90 Å². The zero-order valence-electron chi connectivity index (χ0n) is 10.5. The number of benzene rings is 1. The van der Waals surface area contributed by atoms with E-state index in [4.69, 9.17) is 5.73 Å². The molecule has 1 aliphatic heterocycles. The smallest absolute Gasteiger partial charge is 0.326 e. The monoisotopic (exact) mass is 286 g/mol. The number of carbonyl (C=O) groups excluding carboxylic acids is 2. The molecule has 1 aromatic rings. The Morgan fingerprint density at radius 3 is 2.25 bits per heavy atom. The van der Waals surface area contributed by atoms with Gasteiger partial charge >= 0.3 is 6.18 Å². The molecule has 0 atom stereocenters. The van der Waals surface area contributed by atoms with Crippen molar-refractivity contribution in [1.82, 2.24) is 0 Å². The van der Waals surface area contributed by atoms with E-state index in [2.05, 4.69) is 0 Å². The van der Waals surface area contributed by atoms with Crippen LogP contribution in [0.15, 0.2) is 18.2 Å². The first kappa shape index (κ1) is 14.5. The third-order valence-corrected chi connectivity index (χ3v) is 3.12. The molecule has 0 bridgehead atoms. The second kappa shape index (κ2) is 5.24. The molecule has 2 N–H and O–H groups in total. The average Bonchev–Trinajstić information content (AvgIpc) is 2.37. The fraction of sp³-hybridized carbons (Fsp3) is 0.385. The number of imide groups is 1. The standard InChI is InChI=1S/C13H13F3N2O2/c14-13(15,16)9-6-8(7-17)4-5-10(9)18-11(19)2-1-3-12(18)20/h4-6H,1-3,7,17H2. The highest BCUT2D eigenvalue weighted by molar-refractivity contribution is 6.16. The number of alkyl halides is 3. The molecule has 1 aromatic carbocycles. The predicted octanol–water partition coefficient (Wildman–Crippen LogP) is 2.21. The van der Waals surface area contributed by atoms with Crippen molar-refractivity contribution < 1.29 is 22.8 Å². The lowest BCUT2D eigenvalue weighted by Crippen LogP contribution is -2.41. The van der Waals surface area contributed by atoms with Crippen LogP contribution in [-0.4, -0.2) is 11.8 Å². The minimum absolute atomic E-state index is 0.0503. The number of hydrogen-bond donors (Lipinski definition) is 1. The summed E-state index contributed by atoms with van der Waals surface area (Å²) >= 11 is 0. The zero-order chi connectivity index (χ0) is 14.9. The lowest BCUT2D eigenvalue weighted by molar-refractivity contribution is -0.137. The Bertz CT molecular complexity index is 539. The fourth-order valence-corrected chi connectivity index (χ4v) is 2.15. The molecule has 108 valence electrons. The molecule has 0 radical (unpaired) electrons. The quantitative estimate of drug-likeness (QED) is 0.848. The molecular weight excluding hydrogens is 273 g/mol. The first-order chi connectivity index (χ1) is 9.34. The van der Waals surface area contributed by atoms with Crippen molar-refractivity contribution in [3.8, 4) is 0 Å². The van der Waals surface area contributed by atoms with Gasteiger partial charge in [0.2, 0.25) is 11.8 Å². The summed E-state index contributed by atoms with van der Waals surface area (Å²) in [6.07, 6.45) is -4.14. The molecule has 1 aliphatic rings. The van der Waals surface area contributed by atoms with Crippen molar-refractivity contribution >= 4 is 17.5 Å². The molecule has 20 heavy (non-hydrogen) atoms. The van der Waals surface area contributed by atoms with Gasteiger partial charge in [-0.15, -0.1) is 0 Å². The SMILES string of the molecule is NCc1ccc(N2C(=O)CCCC2=O)c(C(F)(F)F)c1. The van der Waals surface area contributed by atoms with E-state index in [1.54, 1.807) is 0 Å². The second-order valence-electron chi connectivity index (χ2n) is 4.53. The molecule has 1 heterocycles. The van der Waals surface area contributed by atoms with Gasteiger partial charge in [0.05, 0.1) is 11.3 Å². The third-order valence-electron chi connectivity index (χ3n) is 3.12. The van der Waals surface area contributed by atoms with E-state index in [1.165, 1.54) is 6.07 Å². The highest BCUT2D eigenvalue weighted by Gasteiger charge is 2.38. The van der Waals surface area contributed by atoms with E-state index < -0.39 is 29.2 Å². The summed E-state index contributed by atoms with van der Waals surface area (Å²) in [5.74, 6) is -1.21. The van der Waals surface area contributed by atoms with Crippen LogP contribution in [0.3, 0.4) is 0 Å². The summed E-state index contributed by atoms with van der Waals surface area (Å²) in [6, 6.07) is 3.40. The minimum Gasteiger partial charge on any atom is -0.326 e. The van der Waals surface area contributed by atoms with Gasteiger partial charge < -0.3 is 5.73 Å². The molecule has 1 fully saturated rings. The van der Waals surface area contributed by atoms with Crippen LogP contribution in [0.25, 0.3) is 0 Å². The Kier molecular flexibility index (Phi) is 3.80. The zero-order valence-corrected chi connectivity index (χ0v) is 10.5. The van der Waals surface area contributed by atoms with Crippen molar-refractivity contribution in [3.05, 3.63) is 29.3 Å². The first-order valence-electron chi connectivity index (χ1n) is 6.10. The Morgan fingerprint density at radius 2 is 1.75 bits per heavy atom. The van der Waals surface area contributed by atoms with Crippen LogP contribution in [0.1, 0.15) is 30.4 Å². The first-order valence-corrected chi connectivity index (χ1v) is 6.10. The van der Waals surface area contributed by atoms with Gasteiger partial charge in [-0.1, -0.05) is 6.07 Å². The molecule has 0 aromatic heterocycles. The predicted molar refractivity (Wildman–Crippen MR) is 65.7 cm³/mol. The number of halogens is 3. The Labute approximate surface area is 113 Å². The van der Waals surface area contributed by atoms with Crippen molar-refractivity contribution in [2.24, 2.45) is 5.73 Å². The van der Waals surface area contributed by atoms with Gasteiger partial charge in [0.15, 0.2) is 0 Å². The van der Waals surface area contributed by atoms with Crippen LogP contribution in [0.4, 0.5) is 18.9 Å². The van der Waals surface area contributed by atoms with Gasteiger partial charge in [-0.3, -0.25) is 9.59 Å². The normalized spacial score (nSPS) is 16.7. The number of nitrogens with two attached hydrogens (primary N) is 1. The highest BCUT2D eigenvalue weighted by atomic mass is 19.4. The van der Waals surface area contributed by atoms with Crippen LogP contribution in [0.5, 0.6) is 0 Å². The van der Waals surface area contributed by atoms with Gasteiger partial charge in [0.25, 0.3) is 0 Å². The van der Waals surface area contributed by atoms with Gasteiger partial charge in [-0.25, -0.2) is 4.90 Å². The maximum atomic E-state index is 13.1. The van der Waals surface area contributed by atoms with Crippen molar-refractivity contribution in [1.29, 1.82) is 0 Å². The molecule has 4 nitrogen and oxygen atoms in total. The molecule has 2 amide bonds. The molecule has 1 saturated heterocycles. The number of amides is 2. The van der Waals surface area contributed by atoms with E-state index >= 15 is 0 Å². The van der Waals surface area contributed by atoms with E-state index in [0.717, 1.165) is 12.1 Å². The largest absolute Gasteiger partial charge is 0.418 e. The number of piperidine rings is 1. The Morgan fingerprint density at radius 1 is 1.15 bits per heavy atom. The number of hydrogen-bond acceptors (Lipinski definition) is 3. The molecule has 0 spiro atoms. The molecule has 0 saturated carbocycles. The Hall–Kier alpha value is -1.89. The molecule has 0 unspecified atom stereocenters. The van der Waals surface area contributed by atoms with Gasteiger partial charge in [0, 0.05) is 19.4 Å². The summed E-state index contributed by atoms with van der Waals surface area (Å²) in [4.78, 5) is 24.1. The Balaban J connectivity index is 2.55. The maximum Gasteiger partial charge on any atom is 0.418 e. The van der Waals surface area contributed by atoms with Gasteiger partial charge in [-0.2, -0.15) is 13.2 Å². The number of carbonyl (C=O) groups is 2. The van der Waals surface area contributed by atoms with Crippen LogP contribution in [0.2, 0.25) is 0 Å². The third kappa shape index (κ3) is 2.67. The van der Waals surface area contributed by atoms with Crippen LogP contribution in [-0.2, 0) is 22.3 Å². The molecular formula is C13H13F3N2O2. The minimum atomic E-state index is -4.65. The topological polar surface area (TPSA) is 63.4 Å². The van der Waals surface area contributed by atoms with Crippen LogP contribution >= 0.6 is 0 Å². The molecule has 2 rings (SSSR count). The fourth-order valence-electron chi connectivity index (χ4n) is 2.15. The summed E-state index contributed by atoms with van der Waals surface area (Å²) in [7, 11) is 0. The molecule has 7 heteroatoms. The second-order valence-corrected chi connectivity index (χ2v) is 4.53. The van der Waals surface area contributed by atoms with E-state index in [9.17, 15) is 22.8 Å². The van der Waals surface area contributed by atoms with Crippen LogP contribution in [0, 0.1) is 0 Å². The van der Waals surface area contributed by atoms with Crippen LogP contribution < -0.4 is 10.6 Å². The van der Waals surface area contributed by atoms with E-state index in [1.807, 2.05) is 0 Å². The van der Waals surface area contributed by atoms with Gasteiger partial charge in [-0.05, 0) is 24.1 Å². The lowest BCUT2D eigenvalue weighted by Gasteiger charge is -2.27. The van der Waals surface area contributed by atoms with Crippen molar-refractivity contribution in [2.45, 2.75) is 32.0 Å². The van der Waals surface area contributed by atoms with Gasteiger partial charge in [0.1, 0.15) is 0 Å². The van der Waals surface area contributed by atoms with E-state index in [-0.39, 0.29) is 24.9 Å². The molecule has 0 aliphatic carbocycles. The number of anilines is 1. The number of rotatable bonds is 2. The number of nitrogens with zero attached hydrogens (tertiary/aromatic N) is 1. The van der Waals surface area contributed by atoms with E-state index in [0.29, 0.717) is 11.3 Å². The summed E-state index contributed by atoms with van der Waals surface area (Å²) < 4.78 is 39.3. The van der Waals surface area contributed by atoms with Crippen molar-refractivity contribution in [3.63, 3.8) is 0 Å². The maximum absolute atomic E-state index is 13.1. The highest BCUT2D eigenvalue weighted by Crippen LogP contribution is 2.38.